The van der Waals surface area contributed by atoms with Gasteiger partial charge in [0.25, 0.3) is 5.56 Å². The zero-order chi connectivity index (χ0) is 14.0. The number of benzene rings is 1. The van der Waals surface area contributed by atoms with E-state index in [4.69, 9.17) is 0 Å². The molecule has 2 aromatic rings. The molecule has 0 N–H and O–H groups in total. The molecule has 0 fully saturated rings. The van der Waals surface area contributed by atoms with Gasteiger partial charge in [0.05, 0.1) is 12.9 Å². The summed E-state index contributed by atoms with van der Waals surface area (Å²) in [6, 6.07) is 6.98. The maximum Gasteiger partial charge on any atom is 0.253 e. The van der Waals surface area contributed by atoms with Crippen molar-refractivity contribution in [3.8, 4) is 0 Å². The van der Waals surface area contributed by atoms with Crippen molar-refractivity contribution in [1.82, 2.24) is 9.55 Å². The molecule has 2 rings (SSSR count). The molecule has 0 atom stereocenters. The number of carbonyl (C=O) groups excluding carboxylic acids is 1. The van der Waals surface area contributed by atoms with Crippen LogP contribution in [0.3, 0.4) is 0 Å². The first kappa shape index (κ1) is 13.2. The molecule has 0 saturated heterocycles. The van der Waals surface area contributed by atoms with Gasteiger partial charge in [0.1, 0.15) is 0 Å². The van der Waals surface area contributed by atoms with Crippen molar-refractivity contribution in [2.24, 2.45) is 0 Å². The third kappa shape index (κ3) is 2.96. The van der Waals surface area contributed by atoms with E-state index in [-0.39, 0.29) is 17.9 Å². The highest BCUT2D eigenvalue weighted by atomic mass is 16.1. The van der Waals surface area contributed by atoms with Crippen molar-refractivity contribution in [2.45, 2.75) is 27.3 Å². The molecule has 1 aromatic carbocycles. The molecule has 0 aliphatic heterocycles. The maximum atomic E-state index is 12.1. The molecule has 1 aromatic heterocycles. The van der Waals surface area contributed by atoms with E-state index >= 15 is 0 Å². The zero-order valence-corrected chi connectivity index (χ0v) is 11.3. The Hall–Kier alpha value is -2.23. The van der Waals surface area contributed by atoms with Crippen LogP contribution in [0.4, 0.5) is 0 Å². The lowest BCUT2D eigenvalue weighted by Gasteiger charge is -2.06. The second-order valence-corrected chi connectivity index (χ2v) is 4.72. The minimum absolute atomic E-state index is 0.0224. The zero-order valence-electron chi connectivity index (χ0n) is 11.3. The van der Waals surface area contributed by atoms with E-state index in [1.165, 1.54) is 17.0 Å². The fourth-order valence-electron chi connectivity index (χ4n) is 1.80. The van der Waals surface area contributed by atoms with Gasteiger partial charge in [-0.3, -0.25) is 14.2 Å². The molecule has 4 nitrogen and oxygen atoms in total. The predicted octanol–water partition coefficient (Wildman–Crippen LogP) is 2.05. The monoisotopic (exact) mass is 256 g/mol. The summed E-state index contributed by atoms with van der Waals surface area (Å²) in [5.74, 6) is -0.0872. The van der Waals surface area contributed by atoms with Crippen LogP contribution in [0.2, 0.25) is 0 Å². The van der Waals surface area contributed by atoms with Crippen LogP contribution >= 0.6 is 0 Å². The lowest BCUT2D eigenvalue weighted by Crippen LogP contribution is -2.24. The smallest absolute Gasteiger partial charge is 0.253 e. The summed E-state index contributed by atoms with van der Waals surface area (Å²) in [6.45, 7) is 5.73. The van der Waals surface area contributed by atoms with Crippen molar-refractivity contribution in [3.63, 3.8) is 0 Å². The Morgan fingerprint density at radius 1 is 1.16 bits per heavy atom. The first-order valence-electron chi connectivity index (χ1n) is 6.11. The summed E-state index contributed by atoms with van der Waals surface area (Å²) < 4.78 is 1.32. The molecule has 0 aliphatic rings. The molecule has 1 heterocycles. The normalized spacial score (nSPS) is 10.5. The van der Waals surface area contributed by atoms with Gasteiger partial charge in [0.2, 0.25) is 0 Å². The Kier molecular flexibility index (Phi) is 3.60. The summed E-state index contributed by atoms with van der Waals surface area (Å²) in [6.07, 6.45) is 1.41. The number of aromatic nitrogens is 2. The first-order chi connectivity index (χ1) is 8.97. The van der Waals surface area contributed by atoms with Gasteiger partial charge in [0.15, 0.2) is 5.78 Å². The summed E-state index contributed by atoms with van der Waals surface area (Å²) in [7, 11) is 0. The van der Waals surface area contributed by atoms with Gasteiger partial charge in [0, 0.05) is 17.3 Å². The summed E-state index contributed by atoms with van der Waals surface area (Å²) in [5.41, 5.74) is 3.28. The Labute approximate surface area is 111 Å². The van der Waals surface area contributed by atoms with Crippen molar-refractivity contribution >= 4 is 5.78 Å². The summed E-state index contributed by atoms with van der Waals surface area (Å²) in [4.78, 5) is 27.9. The van der Waals surface area contributed by atoms with Crippen LogP contribution in [0.25, 0.3) is 0 Å². The van der Waals surface area contributed by atoms with E-state index in [2.05, 4.69) is 4.98 Å². The van der Waals surface area contributed by atoms with E-state index in [0.29, 0.717) is 11.3 Å². The maximum absolute atomic E-state index is 12.1. The van der Waals surface area contributed by atoms with Crippen LogP contribution in [-0.2, 0) is 6.54 Å². The topological polar surface area (TPSA) is 52.0 Å². The van der Waals surface area contributed by atoms with E-state index in [9.17, 15) is 9.59 Å². The molecule has 0 radical (unpaired) electrons. The van der Waals surface area contributed by atoms with Crippen molar-refractivity contribution < 1.29 is 4.79 Å². The molecule has 4 heteroatoms. The molecule has 98 valence electrons. The van der Waals surface area contributed by atoms with Crippen LogP contribution in [0.1, 0.15) is 27.2 Å². The van der Waals surface area contributed by atoms with Crippen molar-refractivity contribution in [2.75, 3.05) is 0 Å². The molecular weight excluding hydrogens is 240 g/mol. The average Bonchev–Trinajstić information content (AvgIpc) is 2.36. The molecular formula is C15H16N2O2. The summed E-state index contributed by atoms with van der Waals surface area (Å²) >= 11 is 0. The van der Waals surface area contributed by atoms with Gasteiger partial charge in [-0.25, -0.2) is 4.98 Å². The van der Waals surface area contributed by atoms with Gasteiger partial charge in [-0.1, -0.05) is 12.1 Å². The van der Waals surface area contributed by atoms with Crippen LogP contribution in [0, 0.1) is 20.8 Å². The van der Waals surface area contributed by atoms with Gasteiger partial charge >= 0.3 is 0 Å². The number of nitrogens with zero attached hydrogens (tertiary/aromatic N) is 2. The Balaban J connectivity index is 2.25. The molecule has 19 heavy (non-hydrogen) atoms. The van der Waals surface area contributed by atoms with Gasteiger partial charge < -0.3 is 0 Å². The van der Waals surface area contributed by atoms with Crippen LogP contribution in [0.15, 0.2) is 35.4 Å². The van der Waals surface area contributed by atoms with Gasteiger partial charge in [-0.2, -0.15) is 0 Å². The van der Waals surface area contributed by atoms with Gasteiger partial charge in [-0.15, -0.1) is 0 Å². The molecule has 0 unspecified atom stereocenters. The van der Waals surface area contributed by atoms with E-state index < -0.39 is 0 Å². The Morgan fingerprint density at radius 2 is 1.89 bits per heavy atom. The average molecular weight is 256 g/mol. The number of Topliss-reactive ketones (excluding diaryl/α,β-unsaturated/α-hetero) is 1. The van der Waals surface area contributed by atoms with Crippen LogP contribution in [-0.4, -0.2) is 15.3 Å². The molecule has 0 spiro atoms. The predicted molar refractivity (Wildman–Crippen MR) is 73.5 cm³/mol. The number of carbonyl (C=O) groups is 1. The number of aryl methyl sites for hydroxylation is 3. The lowest BCUT2D eigenvalue weighted by atomic mass is 10.0. The molecule has 0 saturated carbocycles. The highest BCUT2D eigenvalue weighted by molar-refractivity contribution is 5.96. The Bertz CT molecular complexity index is 687. The summed E-state index contributed by atoms with van der Waals surface area (Å²) in [5, 5.41) is 0. The number of hydrogen-bond acceptors (Lipinski definition) is 3. The van der Waals surface area contributed by atoms with Gasteiger partial charge in [-0.05, 0) is 38.0 Å². The number of ketones is 1. The fraction of sp³-hybridized carbons (Fsp3) is 0.267. The second-order valence-electron chi connectivity index (χ2n) is 4.72. The van der Waals surface area contributed by atoms with Crippen molar-refractivity contribution in [1.29, 1.82) is 0 Å². The molecule has 0 amide bonds. The lowest BCUT2D eigenvalue weighted by molar-refractivity contribution is 0.0970. The van der Waals surface area contributed by atoms with Crippen LogP contribution < -0.4 is 5.56 Å². The molecule has 0 bridgehead atoms. The molecule has 0 aliphatic carbocycles. The fourth-order valence-corrected chi connectivity index (χ4v) is 1.80. The highest BCUT2D eigenvalue weighted by Gasteiger charge is 2.09. The third-order valence-electron chi connectivity index (χ3n) is 3.16. The minimum atomic E-state index is -0.204. The van der Waals surface area contributed by atoms with E-state index in [1.54, 1.807) is 13.0 Å². The van der Waals surface area contributed by atoms with E-state index in [1.807, 2.05) is 26.0 Å². The number of hydrogen-bond donors (Lipinski definition) is 0. The first-order valence-corrected chi connectivity index (χ1v) is 6.11. The Morgan fingerprint density at radius 3 is 2.53 bits per heavy atom. The largest absolute Gasteiger partial charge is 0.292 e. The quantitative estimate of drug-likeness (QED) is 0.790. The third-order valence-corrected chi connectivity index (χ3v) is 3.16. The highest BCUT2D eigenvalue weighted by Crippen LogP contribution is 2.10. The van der Waals surface area contributed by atoms with Crippen molar-refractivity contribution in [3.05, 3.63) is 63.3 Å². The standard InChI is InChI=1S/C15H16N2O2/c1-10-4-5-13(6-11(10)2)14(18)8-17-9-16-12(3)7-15(17)19/h4-7,9H,8H2,1-3H3. The second kappa shape index (κ2) is 5.18. The SMILES string of the molecule is Cc1cc(=O)n(CC(=O)c2ccc(C)c(C)c2)cn1. The minimum Gasteiger partial charge on any atom is -0.292 e. The van der Waals surface area contributed by atoms with Crippen LogP contribution in [0.5, 0.6) is 0 Å². The van der Waals surface area contributed by atoms with E-state index in [0.717, 1.165) is 11.1 Å². The number of rotatable bonds is 3.